The van der Waals surface area contributed by atoms with Gasteiger partial charge in [0.15, 0.2) is 12.5 Å². The summed E-state index contributed by atoms with van der Waals surface area (Å²) in [6.07, 6.45) is -5.21. The molecule has 1 heterocycles. The van der Waals surface area contributed by atoms with E-state index in [1.54, 1.807) is 5.32 Å². The molecule has 1 fully saturated rings. The van der Waals surface area contributed by atoms with Crippen LogP contribution >= 0.6 is 0 Å². The Kier molecular flexibility index (Phi) is 2.15. The Labute approximate surface area is 56.8 Å². The summed E-state index contributed by atoms with van der Waals surface area (Å²) in [7, 11) is 0. The van der Waals surface area contributed by atoms with E-state index in [1.165, 1.54) is 6.92 Å². The van der Waals surface area contributed by atoms with Gasteiger partial charge in [-0.15, -0.1) is 0 Å². The number of nitrogens with one attached hydrogen (secondary N) is 2. The molecule has 2 nitrogen and oxygen atoms in total. The standard InChI is InChI=1S/C5H9F3N2/c1-2-3(6)4(7)10-5(8)9-2/h2-5,9-10H,1H3. The summed E-state index contributed by atoms with van der Waals surface area (Å²) in [5, 5.41) is 3.91. The Balaban J connectivity index is 2.49. The van der Waals surface area contributed by atoms with E-state index >= 15 is 0 Å². The van der Waals surface area contributed by atoms with Crippen LogP contribution in [0.5, 0.6) is 0 Å². The molecule has 0 amide bonds. The van der Waals surface area contributed by atoms with Crippen LogP contribution in [0.4, 0.5) is 13.2 Å². The van der Waals surface area contributed by atoms with E-state index in [0.29, 0.717) is 0 Å². The van der Waals surface area contributed by atoms with E-state index in [-0.39, 0.29) is 0 Å². The zero-order valence-electron chi connectivity index (χ0n) is 5.44. The van der Waals surface area contributed by atoms with Crippen molar-refractivity contribution in [1.82, 2.24) is 10.6 Å². The van der Waals surface area contributed by atoms with Crippen molar-refractivity contribution in [3.8, 4) is 0 Å². The Morgan fingerprint density at radius 1 is 1.10 bits per heavy atom. The molecule has 0 saturated carbocycles. The first-order valence-corrected chi connectivity index (χ1v) is 3.05. The molecule has 0 radical (unpaired) electrons. The first-order chi connectivity index (χ1) is 4.61. The van der Waals surface area contributed by atoms with Gasteiger partial charge in [0.1, 0.15) is 0 Å². The van der Waals surface area contributed by atoms with E-state index < -0.39 is 24.9 Å². The molecule has 0 aliphatic carbocycles. The fraction of sp³-hybridized carbons (Fsp3) is 1.00. The minimum Gasteiger partial charge on any atom is -0.270 e. The van der Waals surface area contributed by atoms with Crippen molar-refractivity contribution in [2.24, 2.45) is 0 Å². The van der Waals surface area contributed by atoms with E-state index in [4.69, 9.17) is 0 Å². The number of hydrogen-bond acceptors (Lipinski definition) is 2. The molecule has 4 unspecified atom stereocenters. The zero-order chi connectivity index (χ0) is 7.72. The molecule has 0 bridgehead atoms. The van der Waals surface area contributed by atoms with Crippen molar-refractivity contribution in [2.75, 3.05) is 0 Å². The topological polar surface area (TPSA) is 24.1 Å². The molecule has 1 aliphatic rings. The van der Waals surface area contributed by atoms with E-state index in [0.717, 1.165) is 0 Å². The lowest BCUT2D eigenvalue weighted by atomic mass is 10.1. The third-order valence-electron chi connectivity index (χ3n) is 1.47. The summed E-state index contributed by atoms with van der Waals surface area (Å²) in [4.78, 5) is 0. The average molecular weight is 154 g/mol. The van der Waals surface area contributed by atoms with Crippen molar-refractivity contribution in [3.63, 3.8) is 0 Å². The Morgan fingerprint density at radius 3 is 2.20 bits per heavy atom. The highest BCUT2D eigenvalue weighted by molar-refractivity contribution is 4.83. The molecule has 0 aromatic carbocycles. The summed E-state index contributed by atoms with van der Waals surface area (Å²) in [6, 6.07) is -0.772. The molecule has 0 aromatic heterocycles. The van der Waals surface area contributed by atoms with Crippen molar-refractivity contribution < 1.29 is 13.2 Å². The van der Waals surface area contributed by atoms with E-state index in [9.17, 15) is 13.2 Å². The lowest BCUT2D eigenvalue weighted by Crippen LogP contribution is -2.60. The monoisotopic (exact) mass is 154 g/mol. The first-order valence-electron chi connectivity index (χ1n) is 3.05. The van der Waals surface area contributed by atoms with Crippen molar-refractivity contribution in [1.29, 1.82) is 0 Å². The fourth-order valence-corrected chi connectivity index (χ4v) is 0.856. The Hall–Kier alpha value is -0.290. The molecule has 60 valence electrons. The molecule has 4 atom stereocenters. The lowest BCUT2D eigenvalue weighted by Gasteiger charge is -2.30. The Morgan fingerprint density at radius 2 is 1.70 bits per heavy atom. The number of rotatable bonds is 0. The molecule has 0 spiro atoms. The third kappa shape index (κ3) is 1.41. The lowest BCUT2D eigenvalue weighted by molar-refractivity contribution is 0.00578. The van der Waals surface area contributed by atoms with Gasteiger partial charge in [-0.25, -0.2) is 18.5 Å². The number of hydrogen-bond donors (Lipinski definition) is 2. The second kappa shape index (κ2) is 2.75. The van der Waals surface area contributed by atoms with Crippen molar-refractivity contribution in [2.45, 2.75) is 31.9 Å². The zero-order valence-corrected chi connectivity index (χ0v) is 5.44. The second-order valence-electron chi connectivity index (χ2n) is 2.33. The van der Waals surface area contributed by atoms with Crippen LogP contribution in [-0.2, 0) is 0 Å². The average Bonchev–Trinajstić information content (AvgIpc) is 1.82. The first kappa shape index (κ1) is 7.81. The van der Waals surface area contributed by atoms with Crippen LogP contribution in [0.1, 0.15) is 6.92 Å². The van der Waals surface area contributed by atoms with Gasteiger partial charge in [0.25, 0.3) is 0 Å². The molecule has 2 N–H and O–H groups in total. The van der Waals surface area contributed by atoms with Gasteiger partial charge in [0.05, 0.1) is 0 Å². The van der Waals surface area contributed by atoms with Gasteiger partial charge >= 0.3 is 0 Å². The maximum absolute atomic E-state index is 12.5. The molecule has 5 heteroatoms. The Bertz CT molecular complexity index is 109. The van der Waals surface area contributed by atoms with E-state index in [2.05, 4.69) is 5.32 Å². The minimum absolute atomic E-state index is 0.772. The van der Waals surface area contributed by atoms with Gasteiger partial charge in [-0.3, -0.25) is 5.32 Å². The van der Waals surface area contributed by atoms with Crippen LogP contribution in [0, 0.1) is 0 Å². The van der Waals surface area contributed by atoms with Gasteiger partial charge in [0.2, 0.25) is 6.42 Å². The molecule has 10 heavy (non-hydrogen) atoms. The fourth-order valence-electron chi connectivity index (χ4n) is 0.856. The van der Waals surface area contributed by atoms with Crippen molar-refractivity contribution >= 4 is 0 Å². The summed E-state index contributed by atoms with van der Waals surface area (Å²) < 4.78 is 37.0. The molecule has 1 aliphatic heterocycles. The number of alkyl halides is 3. The van der Waals surface area contributed by atoms with Crippen LogP contribution in [0.2, 0.25) is 0 Å². The highest BCUT2D eigenvalue weighted by atomic mass is 19.2. The molecule has 1 saturated heterocycles. The van der Waals surface area contributed by atoms with Crippen LogP contribution in [0.25, 0.3) is 0 Å². The predicted octanol–water partition coefficient (Wildman–Crippen LogP) is 0.455. The number of halogens is 3. The highest BCUT2D eigenvalue weighted by Gasteiger charge is 2.34. The maximum atomic E-state index is 12.5. The van der Waals surface area contributed by atoms with Gasteiger partial charge in [-0.05, 0) is 6.92 Å². The van der Waals surface area contributed by atoms with Gasteiger partial charge in [-0.2, -0.15) is 0 Å². The van der Waals surface area contributed by atoms with Gasteiger partial charge in [0, 0.05) is 6.04 Å². The van der Waals surface area contributed by atoms with Crippen LogP contribution in [-0.4, -0.2) is 24.9 Å². The highest BCUT2D eigenvalue weighted by Crippen LogP contribution is 2.12. The normalized spacial score (nSPS) is 49.2. The van der Waals surface area contributed by atoms with Gasteiger partial charge < -0.3 is 0 Å². The summed E-state index contributed by atoms with van der Waals surface area (Å²) >= 11 is 0. The van der Waals surface area contributed by atoms with Gasteiger partial charge in [-0.1, -0.05) is 0 Å². The minimum atomic E-state index is -1.90. The smallest absolute Gasteiger partial charge is 0.207 e. The van der Waals surface area contributed by atoms with E-state index in [1.807, 2.05) is 0 Å². The summed E-state index contributed by atoms with van der Waals surface area (Å²) in [5.74, 6) is 0. The quantitative estimate of drug-likeness (QED) is 0.495. The van der Waals surface area contributed by atoms with Crippen LogP contribution in [0.15, 0.2) is 0 Å². The molecular formula is C5H9F3N2. The third-order valence-corrected chi connectivity index (χ3v) is 1.47. The van der Waals surface area contributed by atoms with Crippen LogP contribution < -0.4 is 10.6 Å². The van der Waals surface area contributed by atoms with Crippen molar-refractivity contribution in [3.05, 3.63) is 0 Å². The SMILES string of the molecule is CC1NC(F)NC(F)C1F. The predicted molar refractivity (Wildman–Crippen MR) is 30.4 cm³/mol. The largest absolute Gasteiger partial charge is 0.270 e. The maximum Gasteiger partial charge on any atom is 0.207 e. The molecule has 0 aromatic rings. The second-order valence-corrected chi connectivity index (χ2v) is 2.33. The summed E-state index contributed by atoms with van der Waals surface area (Å²) in [6.45, 7) is 1.39. The summed E-state index contributed by atoms with van der Waals surface area (Å²) in [5.41, 5.74) is 0. The molecule has 1 rings (SSSR count). The van der Waals surface area contributed by atoms with Crippen LogP contribution in [0.3, 0.4) is 0 Å². The molecular weight excluding hydrogens is 145 g/mol.